The summed E-state index contributed by atoms with van der Waals surface area (Å²) in [6.07, 6.45) is 1.30. The predicted octanol–water partition coefficient (Wildman–Crippen LogP) is 2.99. The molecule has 0 saturated carbocycles. The van der Waals surface area contributed by atoms with Crippen LogP contribution in [0.15, 0.2) is 17.0 Å². The number of halogens is 3. The summed E-state index contributed by atoms with van der Waals surface area (Å²) in [5.74, 6) is -1.19. The molecule has 0 spiro atoms. The van der Waals surface area contributed by atoms with Crippen molar-refractivity contribution in [3.63, 3.8) is 0 Å². The van der Waals surface area contributed by atoms with E-state index in [0.717, 1.165) is 6.07 Å². The van der Waals surface area contributed by atoms with Gasteiger partial charge < -0.3 is 5.11 Å². The monoisotopic (exact) mass is 298 g/mol. The topological polar surface area (TPSA) is 54.4 Å². The summed E-state index contributed by atoms with van der Waals surface area (Å²) in [5, 5.41) is 8.91. The van der Waals surface area contributed by atoms with E-state index in [9.17, 15) is 13.4 Å². The summed E-state index contributed by atoms with van der Waals surface area (Å²) in [6, 6.07) is 2.32. The van der Waals surface area contributed by atoms with Crippen molar-refractivity contribution in [1.82, 2.24) is 0 Å². The molecule has 7 heteroatoms. The number of alkyl halides is 3. The van der Waals surface area contributed by atoms with Crippen LogP contribution in [0.1, 0.15) is 21.5 Å². The molecule has 1 atom stereocenters. The van der Waals surface area contributed by atoms with Crippen molar-refractivity contribution in [2.75, 3.05) is 6.26 Å². The van der Waals surface area contributed by atoms with Gasteiger partial charge in [0.2, 0.25) is 0 Å². The summed E-state index contributed by atoms with van der Waals surface area (Å²) in [6.45, 7) is 1.43. The minimum absolute atomic E-state index is 0.0115. The molecule has 0 aliphatic heterocycles. The fourth-order valence-electron chi connectivity index (χ4n) is 1.52. The van der Waals surface area contributed by atoms with Gasteiger partial charge in [-0.15, -0.1) is 0 Å². The molecular weight excluding hydrogens is 290 g/mol. The van der Waals surface area contributed by atoms with Gasteiger partial charge in [-0.05, 0) is 18.6 Å². The van der Waals surface area contributed by atoms with Crippen LogP contribution in [0.4, 0.5) is 4.39 Å². The van der Waals surface area contributed by atoms with E-state index in [2.05, 4.69) is 0 Å². The highest BCUT2D eigenvalue weighted by Crippen LogP contribution is 2.40. The minimum atomic E-state index is -2.71. The highest BCUT2D eigenvalue weighted by atomic mass is 35.5. The Morgan fingerprint density at radius 3 is 2.35 bits per heavy atom. The lowest BCUT2D eigenvalue weighted by atomic mass is 10.1. The van der Waals surface area contributed by atoms with Gasteiger partial charge in [0.25, 0.3) is 4.59 Å². The molecule has 0 aromatic heterocycles. The molecule has 94 valence electrons. The van der Waals surface area contributed by atoms with Gasteiger partial charge in [-0.25, -0.2) is 9.18 Å². The van der Waals surface area contributed by atoms with Gasteiger partial charge in [0.05, 0.1) is 21.3 Å². The molecule has 0 aliphatic carbocycles. The fraction of sp³-hybridized carbons (Fsp3) is 0.300. The first-order valence-electron chi connectivity index (χ1n) is 4.43. The van der Waals surface area contributed by atoms with Crippen LogP contribution < -0.4 is 0 Å². The van der Waals surface area contributed by atoms with Crippen LogP contribution in [0, 0.1) is 6.92 Å². The zero-order valence-electron chi connectivity index (χ0n) is 8.96. The number of carbonyl (C=O) groups is 1. The van der Waals surface area contributed by atoms with Crippen molar-refractivity contribution in [1.29, 1.82) is 0 Å². The third-order valence-corrected chi connectivity index (χ3v) is 3.74. The van der Waals surface area contributed by atoms with Gasteiger partial charge in [0, 0.05) is 11.8 Å². The third-order valence-electron chi connectivity index (χ3n) is 2.23. The maximum absolute atomic E-state index is 13.5. The number of carboxylic acid groups (broad SMARTS) is 1. The molecular formula is C10H9Cl2FO3S. The van der Waals surface area contributed by atoms with Crippen molar-refractivity contribution in [2.45, 2.75) is 16.4 Å². The molecule has 0 fully saturated rings. The van der Waals surface area contributed by atoms with Gasteiger partial charge in [-0.2, -0.15) is 0 Å². The van der Waals surface area contributed by atoms with E-state index in [1.807, 2.05) is 0 Å². The normalized spacial score (nSPS) is 13.5. The Morgan fingerprint density at radius 1 is 1.47 bits per heavy atom. The van der Waals surface area contributed by atoms with E-state index in [1.165, 1.54) is 19.2 Å². The molecule has 1 aromatic carbocycles. The van der Waals surface area contributed by atoms with E-state index >= 15 is 0 Å². The second kappa shape index (κ2) is 4.92. The van der Waals surface area contributed by atoms with Gasteiger partial charge in [-0.3, -0.25) is 4.21 Å². The Bertz CT molecular complexity index is 497. The molecule has 0 amide bonds. The van der Waals surface area contributed by atoms with Gasteiger partial charge in [0.15, 0.2) is 0 Å². The van der Waals surface area contributed by atoms with Crippen LogP contribution in [0.5, 0.6) is 0 Å². The molecule has 0 aliphatic rings. The minimum Gasteiger partial charge on any atom is -0.478 e. The maximum atomic E-state index is 13.5. The second-order valence-corrected chi connectivity index (χ2v) is 5.92. The molecule has 0 radical (unpaired) electrons. The first-order chi connectivity index (χ1) is 7.66. The molecule has 1 aromatic rings. The van der Waals surface area contributed by atoms with Crippen molar-refractivity contribution in [3.05, 3.63) is 28.8 Å². The van der Waals surface area contributed by atoms with Crippen molar-refractivity contribution in [3.8, 4) is 0 Å². The average Bonchev–Trinajstić information content (AvgIpc) is 2.14. The third kappa shape index (κ3) is 2.97. The Hall–Kier alpha value is -0.650. The summed E-state index contributed by atoms with van der Waals surface area (Å²) in [4.78, 5) is 10.9. The number of rotatable bonds is 3. The van der Waals surface area contributed by atoms with Crippen LogP contribution in [0.3, 0.4) is 0 Å². The molecule has 1 rings (SSSR count). The largest absolute Gasteiger partial charge is 0.478 e. The standard InChI is InChI=1S/C10H9Cl2FO3S/c1-5-6(9(14)15)3-4-7(10(11,12)13)8(5)17(2)16/h3-4H,1-2H3,(H,14,15)/t17-/m0/s1. The summed E-state index contributed by atoms with van der Waals surface area (Å²) >= 11 is 10.7. The molecule has 0 bridgehead atoms. The lowest BCUT2D eigenvalue weighted by Crippen LogP contribution is -2.12. The Morgan fingerprint density at radius 2 is 2.00 bits per heavy atom. The molecule has 3 nitrogen and oxygen atoms in total. The summed E-state index contributed by atoms with van der Waals surface area (Å²) in [7, 11) is -1.60. The highest BCUT2D eigenvalue weighted by molar-refractivity contribution is 7.84. The number of carboxylic acids is 1. The lowest BCUT2D eigenvalue weighted by molar-refractivity contribution is 0.0695. The van der Waals surface area contributed by atoms with E-state index < -0.39 is 21.4 Å². The molecule has 0 unspecified atom stereocenters. The molecule has 17 heavy (non-hydrogen) atoms. The Balaban J connectivity index is 3.63. The first-order valence-corrected chi connectivity index (χ1v) is 6.75. The van der Waals surface area contributed by atoms with E-state index in [1.54, 1.807) is 0 Å². The van der Waals surface area contributed by atoms with Crippen molar-refractivity contribution in [2.24, 2.45) is 0 Å². The molecule has 0 saturated heterocycles. The van der Waals surface area contributed by atoms with Crippen LogP contribution in [-0.2, 0) is 15.4 Å². The van der Waals surface area contributed by atoms with Crippen LogP contribution in [0.25, 0.3) is 0 Å². The highest BCUT2D eigenvalue weighted by Gasteiger charge is 2.31. The second-order valence-electron chi connectivity index (χ2n) is 3.37. The van der Waals surface area contributed by atoms with Crippen molar-refractivity contribution >= 4 is 40.0 Å². The smallest absolute Gasteiger partial charge is 0.335 e. The SMILES string of the molecule is Cc1c(C(=O)O)ccc(C(F)(Cl)Cl)c1[S@](C)=O. The molecule has 1 N–H and O–H groups in total. The summed E-state index contributed by atoms with van der Waals surface area (Å²) in [5.41, 5.74) is -0.0557. The van der Waals surface area contributed by atoms with E-state index in [0.29, 0.717) is 0 Å². The quantitative estimate of drug-likeness (QED) is 0.873. The zero-order valence-corrected chi connectivity index (χ0v) is 11.3. The number of aromatic carboxylic acids is 1. The number of hydrogen-bond acceptors (Lipinski definition) is 2. The number of hydrogen-bond donors (Lipinski definition) is 1. The first kappa shape index (κ1) is 14.4. The van der Waals surface area contributed by atoms with E-state index in [-0.39, 0.29) is 21.6 Å². The van der Waals surface area contributed by atoms with E-state index in [4.69, 9.17) is 28.3 Å². The van der Waals surface area contributed by atoms with Crippen LogP contribution in [0.2, 0.25) is 0 Å². The lowest BCUT2D eigenvalue weighted by Gasteiger charge is -2.17. The van der Waals surface area contributed by atoms with Crippen LogP contribution >= 0.6 is 23.2 Å². The van der Waals surface area contributed by atoms with Gasteiger partial charge in [0.1, 0.15) is 0 Å². The van der Waals surface area contributed by atoms with Crippen LogP contribution in [-0.4, -0.2) is 21.5 Å². The predicted molar refractivity (Wildman–Crippen MR) is 65.0 cm³/mol. The van der Waals surface area contributed by atoms with Crippen molar-refractivity contribution < 1.29 is 18.5 Å². The Labute approximate surface area is 110 Å². The summed E-state index contributed by atoms with van der Waals surface area (Å²) < 4.78 is 22.3. The number of benzene rings is 1. The average molecular weight is 299 g/mol. The zero-order chi connectivity index (χ0) is 13.4. The maximum Gasteiger partial charge on any atom is 0.335 e. The molecule has 0 heterocycles. The Kier molecular flexibility index (Phi) is 4.17. The fourth-order valence-corrected chi connectivity index (χ4v) is 3.00. The van der Waals surface area contributed by atoms with Gasteiger partial charge in [-0.1, -0.05) is 29.3 Å². The van der Waals surface area contributed by atoms with Gasteiger partial charge >= 0.3 is 5.97 Å².